The smallest absolute Gasteiger partial charge is 0.0493 e. The van der Waals surface area contributed by atoms with Crippen molar-refractivity contribution in [3.05, 3.63) is 90.0 Å². The van der Waals surface area contributed by atoms with Gasteiger partial charge in [-0.2, -0.15) is 0 Å². The molecule has 0 aliphatic heterocycles. The lowest BCUT2D eigenvalue weighted by Crippen LogP contribution is -2.11. The van der Waals surface area contributed by atoms with Gasteiger partial charge in [-0.15, -0.1) is 0 Å². The first-order chi connectivity index (χ1) is 10.8. The molecule has 3 aromatic rings. The Hall–Kier alpha value is -2.54. The van der Waals surface area contributed by atoms with E-state index < -0.39 is 0 Å². The van der Waals surface area contributed by atoms with Crippen LogP contribution in [0.4, 0.5) is 17.1 Å². The van der Waals surface area contributed by atoms with E-state index in [1.54, 1.807) is 0 Å². The van der Waals surface area contributed by atoms with Crippen molar-refractivity contribution in [1.29, 1.82) is 0 Å². The Balaban J connectivity index is 2.19. The van der Waals surface area contributed by atoms with Crippen LogP contribution >= 0.6 is 0 Å². The highest BCUT2D eigenvalue weighted by Gasteiger charge is 2.14. The van der Waals surface area contributed by atoms with Crippen LogP contribution in [0.25, 0.3) is 0 Å². The number of benzene rings is 3. The first kappa shape index (κ1) is 14.4. The average molecular weight is 287 g/mol. The molecule has 0 aromatic heterocycles. The van der Waals surface area contributed by atoms with Gasteiger partial charge < -0.3 is 4.90 Å². The predicted molar refractivity (Wildman–Crippen MR) is 95.2 cm³/mol. The summed E-state index contributed by atoms with van der Waals surface area (Å²) in [5, 5.41) is 0. The van der Waals surface area contributed by atoms with Gasteiger partial charge in [0, 0.05) is 17.1 Å². The van der Waals surface area contributed by atoms with Gasteiger partial charge in [-0.25, -0.2) is 0 Å². The number of para-hydroxylation sites is 2. The molecule has 22 heavy (non-hydrogen) atoms. The SMILES string of the molecule is CCc1cccc(N(c2ccccc2)c2ccccc2)c1C. The Morgan fingerprint density at radius 3 is 1.73 bits per heavy atom. The minimum absolute atomic E-state index is 1.05. The van der Waals surface area contributed by atoms with Crippen LogP contribution in [0.1, 0.15) is 18.1 Å². The summed E-state index contributed by atoms with van der Waals surface area (Å²) in [6.07, 6.45) is 1.05. The number of hydrogen-bond acceptors (Lipinski definition) is 1. The molecule has 0 saturated carbocycles. The van der Waals surface area contributed by atoms with E-state index in [4.69, 9.17) is 0 Å². The molecule has 0 N–H and O–H groups in total. The molecule has 0 atom stereocenters. The summed E-state index contributed by atoms with van der Waals surface area (Å²) in [5.41, 5.74) is 6.36. The monoisotopic (exact) mass is 287 g/mol. The predicted octanol–water partition coefficient (Wildman–Crippen LogP) is 6.03. The quantitative estimate of drug-likeness (QED) is 0.566. The molecule has 0 radical (unpaired) electrons. The van der Waals surface area contributed by atoms with Crippen LogP contribution in [0, 0.1) is 6.92 Å². The van der Waals surface area contributed by atoms with Gasteiger partial charge >= 0.3 is 0 Å². The van der Waals surface area contributed by atoms with Gasteiger partial charge in [0.05, 0.1) is 0 Å². The number of nitrogens with zero attached hydrogens (tertiary/aromatic N) is 1. The third-order valence-corrected chi connectivity index (χ3v) is 4.07. The van der Waals surface area contributed by atoms with E-state index >= 15 is 0 Å². The van der Waals surface area contributed by atoms with Crippen molar-refractivity contribution in [2.75, 3.05) is 4.90 Å². The van der Waals surface area contributed by atoms with E-state index in [9.17, 15) is 0 Å². The molecule has 0 spiro atoms. The van der Waals surface area contributed by atoms with Crippen LogP contribution < -0.4 is 4.90 Å². The third kappa shape index (κ3) is 2.75. The molecule has 0 heterocycles. The lowest BCUT2D eigenvalue weighted by atomic mass is 10.0. The molecular weight excluding hydrogens is 266 g/mol. The van der Waals surface area contributed by atoms with Crippen molar-refractivity contribution in [2.45, 2.75) is 20.3 Å². The molecule has 0 unspecified atom stereocenters. The summed E-state index contributed by atoms with van der Waals surface area (Å²) in [7, 11) is 0. The fourth-order valence-corrected chi connectivity index (χ4v) is 2.88. The fraction of sp³-hybridized carbons (Fsp3) is 0.143. The largest absolute Gasteiger partial charge is 0.310 e. The highest BCUT2D eigenvalue weighted by molar-refractivity contribution is 5.78. The minimum Gasteiger partial charge on any atom is -0.310 e. The molecule has 0 aliphatic carbocycles. The maximum absolute atomic E-state index is 2.33. The van der Waals surface area contributed by atoms with Gasteiger partial charge in [0.1, 0.15) is 0 Å². The van der Waals surface area contributed by atoms with Crippen molar-refractivity contribution in [3.63, 3.8) is 0 Å². The zero-order valence-corrected chi connectivity index (χ0v) is 13.2. The molecule has 1 nitrogen and oxygen atoms in total. The summed E-state index contributed by atoms with van der Waals surface area (Å²) in [4.78, 5) is 2.33. The Morgan fingerprint density at radius 2 is 1.23 bits per heavy atom. The van der Waals surface area contributed by atoms with Crippen LogP contribution in [0.5, 0.6) is 0 Å². The maximum Gasteiger partial charge on any atom is 0.0493 e. The highest BCUT2D eigenvalue weighted by Crippen LogP contribution is 2.36. The molecule has 0 fully saturated rings. The zero-order valence-electron chi connectivity index (χ0n) is 13.2. The molecule has 0 amide bonds. The van der Waals surface area contributed by atoms with Gasteiger partial charge in [-0.3, -0.25) is 0 Å². The van der Waals surface area contributed by atoms with E-state index in [1.165, 1.54) is 28.2 Å². The van der Waals surface area contributed by atoms with E-state index in [2.05, 4.69) is 97.6 Å². The Morgan fingerprint density at radius 1 is 0.682 bits per heavy atom. The first-order valence-electron chi connectivity index (χ1n) is 7.80. The zero-order chi connectivity index (χ0) is 15.4. The van der Waals surface area contributed by atoms with Gasteiger partial charge in [0.15, 0.2) is 0 Å². The van der Waals surface area contributed by atoms with E-state index in [-0.39, 0.29) is 0 Å². The third-order valence-electron chi connectivity index (χ3n) is 4.07. The summed E-state index contributed by atoms with van der Waals surface area (Å²) in [6, 6.07) is 27.7. The number of anilines is 3. The Kier molecular flexibility index (Phi) is 4.24. The molecule has 110 valence electrons. The number of hydrogen-bond donors (Lipinski definition) is 0. The normalized spacial score (nSPS) is 10.5. The van der Waals surface area contributed by atoms with Crippen LogP contribution in [0.15, 0.2) is 78.9 Å². The molecule has 3 aromatic carbocycles. The van der Waals surface area contributed by atoms with Crippen LogP contribution in [0.2, 0.25) is 0 Å². The van der Waals surface area contributed by atoms with Crippen molar-refractivity contribution in [2.24, 2.45) is 0 Å². The van der Waals surface area contributed by atoms with Crippen molar-refractivity contribution in [3.8, 4) is 0 Å². The highest BCUT2D eigenvalue weighted by atomic mass is 15.1. The second kappa shape index (κ2) is 6.48. The number of aryl methyl sites for hydroxylation is 1. The van der Waals surface area contributed by atoms with Gasteiger partial charge in [-0.05, 0) is 54.8 Å². The standard InChI is InChI=1S/C21H21N/c1-3-18-11-10-16-21(17(18)2)22(19-12-6-4-7-13-19)20-14-8-5-9-15-20/h4-16H,3H2,1-2H3. The van der Waals surface area contributed by atoms with Crippen molar-refractivity contribution in [1.82, 2.24) is 0 Å². The number of rotatable bonds is 4. The maximum atomic E-state index is 2.33. The summed E-state index contributed by atoms with van der Waals surface area (Å²) in [5.74, 6) is 0. The lowest BCUT2D eigenvalue weighted by Gasteiger charge is -2.27. The minimum atomic E-state index is 1.05. The Labute approximate surface area is 132 Å². The summed E-state index contributed by atoms with van der Waals surface area (Å²) < 4.78 is 0. The van der Waals surface area contributed by atoms with E-state index in [0.29, 0.717) is 0 Å². The second-order valence-electron chi connectivity index (χ2n) is 5.42. The molecular formula is C21H21N. The fourth-order valence-electron chi connectivity index (χ4n) is 2.88. The van der Waals surface area contributed by atoms with Gasteiger partial charge in [-0.1, -0.05) is 55.5 Å². The summed E-state index contributed by atoms with van der Waals surface area (Å²) >= 11 is 0. The first-order valence-corrected chi connectivity index (χ1v) is 7.80. The molecule has 3 rings (SSSR count). The average Bonchev–Trinajstić information content (AvgIpc) is 2.59. The van der Waals surface area contributed by atoms with Crippen molar-refractivity contribution >= 4 is 17.1 Å². The van der Waals surface area contributed by atoms with Gasteiger partial charge in [0.25, 0.3) is 0 Å². The van der Waals surface area contributed by atoms with Gasteiger partial charge in [0.2, 0.25) is 0 Å². The van der Waals surface area contributed by atoms with E-state index in [0.717, 1.165) is 6.42 Å². The molecule has 0 aliphatic rings. The second-order valence-corrected chi connectivity index (χ2v) is 5.42. The van der Waals surface area contributed by atoms with E-state index in [1.807, 2.05) is 0 Å². The van der Waals surface area contributed by atoms with Crippen LogP contribution in [0.3, 0.4) is 0 Å². The van der Waals surface area contributed by atoms with Crippen LogP contribution in [-0.2, 0) is 6.42 Å². The summed E-state index contributed by atoms with van der Waals surface area (Å²) in [6.45, 7) is 4.43. The molecule has 0 bridgehead atoms. The topological polar surface area (TPSA) is 3.24 Å². The van der Waals surface area contributed by atoms with Crippen LogP contribution in [-0.4, -0.2) is 0 Å². The Bertz CT molecular complexity index is 693. The van der Waals surface area contributed by atoms with Crippen molar-refractivity contribution < 1.29 is 0 Å². The lowest BCUT2D eigenvalue weighted by molar-refractivity contribution is 1.10. The molecule has 1 heteroatoms. The molecule has 0 saturated heterocycles.